The number of carbonyl (C=O) groups excluding carboxylic acids is 1. The van der Waals surface area contributed by atoms with E-state index in [-0.39, 0.29) is 26.1 Å². The van der Waals surface area contributed by atoms with Crippen molar-refractivity contribution in [1.29, 1.82) is 0 Å². The molecule has 7 heteroatoms. The van der Waals surface area contributed by atoms with Crippen LogP contribution >= 0.6 is 11.3 Å². The fraction of sp³-hybridized carbons (Fsp3) is 0.148. The summed E-state index contributed by atoms with van der Waals surface area (Å²) in [4.78, 5) is 13.6. The van der Waals surface area contributed by atoms with Crippen LogP contribution in [0, 0.1) is 13.8 Å². The van der Waals surface area contributed by atoms with Gasteiger partial charge in [-0.1, -0.05) is 73.2 Å². The van der Waals surface area contributed by atoms with E-state index in [1.54, 1.807) is 48.5 Å². The fourth-order valence-corrected chi connectivity index (χ4v) is 6.74. The van der Waals surface area contributed by atoms with E-state index in [4.69, 9.17) is 5.73 Å². The third-order valence-electron chi connectivity index (χ3n) is 5.72. The van der Waals surface area contributed by atoms with Gasteiger partial charge in [0.15, 0.2) is 0 Å². The van der Waals surface area contributed by atoms with Gasteiger partial charge in [0.05, 0.1) is 10.6 Å². The van der Waals surface area contributed by atoms with Crippen LogP contribution in [0.15, 0.2) is 82.6 Å². The number of para-hydroxylation sites is 1. The van der Waals surface area contributed by atoms with Crippen LogP contribution in [0.3, 0.4) is 0 Å². The van der Waals surface area contributed by atoms with Crippen molar-refractivity contribution in [3.05, 3.63) is 99.9 Å². The predicted molar refractivity (Wildman–Crippen MR) is 139 cm³/mol. The molecule has 174 valence electrons. The maximum Gasteiger partial charge on any atom is 0.211 e. The molecule has 0 aliphatic rings. The zero-order chi connectivity index (χ0) is 24.5. The molecule has 0 atom stereocenters. The smallest absolute Gasteiger partial charge is 0.211 e. The van der Waals surface area contributed by atoms with Gasteiger partial charge in [-0.15, -0.1) is 11.3 Å². The summed E-state index contributed by atoms with van der Waals surface area (Å²) in [6, 6.07) is 21.3. The number of sulfone groups is 1. The van der Waals surface area contributed by atoms with Gasteiger partial charge in [0.25, 0.3) is 0 Å². The second-order valence-electron chi connectivity index (χ2n) is 8.10. The number of hydrogen-bond acceptors (Lipinski definition) is 6. The Labute approximate surface area is 204 Å². The largest absolute Gasteiger partial charge is 0.396 e. The number of nitrogen functional groups attached to an aromatic ring is 1. The van der Waals surface area contributed by atoms with Crippen LogP contribution in [-0.4, -0.2) is 14.2 Å². The Morgan fingerprint density at radius 3 is 2.26 bits per heavy atom. The van der Waals surface area contributed by atoms with Crippen LogP contribution in [-0.2, 0) is 16.3 Å². The monoisotopic (exact) mass is 490 g/mol. The molecule has 34 heavy (non-hydrogen) atoms. The Balaban J connectivity index is 1.93. The maximum atomic E-state index is 13.8. The predicted octanol–water partition coefficient (Wildman–Crippen LogP) is 6.32. The quantitative estimate of drug-likeness (QED) is 0.296. The minimum atomic E-state index is -3.99. The Morgan fingerprint density at radius 2 is 1.62 bits per heavy atom. The van der Waals surface area contributed by atoms with Crippen molar-refractivity contribution in [3.63, 3.8) is 0 Å². The first-order valence-electron chi connectivity index (χ1n) is 10.9. The molecule has 4 aromatic rings. The zero-order valence-corrected chi connectivity index (χ0v) is 20.9. The lowest BCUT2D eigenvalue weighted by Gasteiger charge is -2.15. The minimum absolute atomic E-state index is 0.0337. The third kappa shape index (κ3) is 4.36. The minimum Gasteiger partial charge on any atom is -0.396 e. The molecule has 0 saturated carbocycles. The summed E-state index contributed by atoms with van der Waals surface area (Å²) in [5.41, 5.74) is 10.6. The highest BCUT2D eigenvalue weighted by molar-refractivity contribution is 7.92. The molecule has 1 heterocycles. The van der Waals surface area contributed by atoms with Gasteiger partial charge in [-0.2, -0.15) is 0 Å². The van der Waals surface area contributed by atoms with Gasteiger partial charge in [-0.05, 0) is 43.5 Å². The fourth-order valence-electron chi connectivity index (χ4n) is 3.82. The van der Waals surface area contributed by atoms with Crippen LogP contribution in [0.4, 0.5) is 16.4 Å². The van der Waals surface area contributed by atoms with Crippen molar-refractivity contribution in [2.45, 2.75) is 37.0 Å². The van der Waals surface area contributed by atoms with E-state index in [0.29, 0.717) is 10.6 Å². The lowest BCUT2D eigenvalue weighted by atomic mass is 10.1. The molecule has 4 rings (SSSR count). The molecule has 3 aromatic carbocycles. The van der Waals surface area contributed by atoms with E-state index in [1.807, 2.05) is 45.0 Å². The molecule has 0 saturated heterocycles. The highest BCUT2D eigenvalue weighted by Crippen LogP contribution is 2.44. The van der Waals surface area contributed by atoms with E-state index in [1.165, 1.54) is 0 Å². The number of thiophene rings is 1. The van der Waals surface area contributed by atoms with Crippen molar-refractivity contribution >= 4 is 43.3 Å². The molecule has 0 spiro atoms. The number of rotatable bonds is 7. The average Bonchev–Trinajstić information content (AvgIpc) is 3.17. The Morgan fingerprint density at radius 1 is 0.941 bits per heavy atom. The van der Waals surface area contributed by atoms with E-state index in [0.717, 1.165) is 40.1 Å². The van der Waals surface area contributed by atoms with Gasteiger partial charge in [0.2, 0.25) is 15.6 Å². The normalized spacial score (nSPS) is 11.4. The van der Waals surface area contributed by atoms with Crippen LogP contribution in [0.25, 0.3) is 0 Å². The highest BCUT2D eigenvalue weighted by Gasteiger charge is 2.32. The third-order valence-corrected chi connectivity index (χ3v) is 8.82. The molecule has 1 aromatic heterocycles. The van der Waals surface area contributed by atoms with E-state index < -0.39 is 9.84 Å². The first-order chi connectivity index (χ1) is 16.2. The molecule has 0 unspecified atom stereocenters. The van der Waals surface area contributed by atoms with Crippen molar-refractivity contribution < 1.29 is 13.2 Å². The number of anilines is 3. The van der Waals surface area contributed by atoms with Gasteiger partial charge < -0.3 is 11.1 Å². The zero-order valence-electron chi connectivity index (χ0n) is 19.3. The summed E-state index contributed by atoms with van der Waals surface area (Å²) < 4.78 is 27.5. The first-order valence-corrected chi connectivity index (χ1v) is 13.2. The first kappa shape index (κ1) is 23.7. The number of benzene rings is 3. The summed E-state index contributed by atoms with van der Waals surface area (Å²) in [6.07, 6.45) is 0.765. The number of nitrogens with two attached hydrogens (primary N) is 1. The van der Waals surface area contributed by atoms with Crippen molar-refractivity contribution in [1.82, 2.24) is 0 Å². The Kier molecular flexibility index (Phi) is 6.59. The molecular formula is C27H26N2O3S2. The van der Waals surface area contributed by atoms with Crippen LogP contribution in [0.2, 0.25) is 0 Å². The van der Waals surface area contributed by atoms with E-state index in [2.05, 4.69) is 5.32 Å². The van der Waals surface area contributed by atoms with Gasteiger partial charge in [0.1, 0.15) is 14.8 Å². The molecule has 0 amide bonds. The van der Waals surface area contributed by atoms with Crippen LogP contribution in [0.5, 0.6) is 0 Å². The van der Waals surface area contributed by atoms with E-state index >= 15 is 0 Å². The second kappa shape index (κ2) is 9.44. The second-order valence-corrected chi connectivity index (χ2v) is 11.0. The summed E-state index contributed by atoms with van der Waals surface area (Å²) in [6.45, 7) is 5.89. The molecule has 0 aliphatic heterocycles. The van der Waals surface area contributed by atoms with E-state index in [9.17, 15) is 13.2 Å². The number of ketones is 1. The highest BCUT2D eigenvalue weighted by atomic mass is 32.2. The summed E-state index contributed by atoms with van der Waals surface area (Å²) in [5.74, 6) is -0.308. The topological polar surface area (TPSA) is 89.3 Å². The number of aryl methyl sites for hydroxylation is 3. The number of nitrogens with one attached hydrogen (secondary N) is 1. The number of carbonyl (C=O) groups is 1. The van der Waals surface area contributed by atoms with Gasteiger partial charge in [-0.25, -0.2) is 8.42 Å². The molecule has 0 aliphatic carbocycles. The number of hydrogen-bond donors (Lipinski definition) is 2. The van der Waals surface area contributed by atoms with Gasteiger partial charge in [-0.3, -0.25) is 4.79 Å². The average molecular weight is 491 g/mol. The van der Waals surface area contributed by atoms with Crippen molar-refractivity contribution in [2.24, 2.45) is 0 Å². The molecule has 0 fully saturated rings. The van der Waals surface area contributed by atoms with Crippen LogP contribution < -0.4 is 11.1 Å². The lowest BCUT2D eigenvalue weighted by Crippen LogP contribution is -2.09. The summed E-state index contributed by atoms with van der Waals surface area (Å²) in [7, 11) is -3.99. The molecule has 5 nitrogen and oxygen atoms in total. The van der Waals surface area contributed by atoms with Gasteiger partial charge >= 0.3 is 0 Å². The molecular weight excluding hydrogens is 464 g/mol. The summed E-state index contributed by atoms with van der Waals surface area (Å²) >= 11 is 1.07. The molecule has 3 N–H and O–H groups in total. The lowest BCUT2D eigenvalue weighted by molar-refractivity contribution is 0.104. The standard InChI is InChI=1S/C27H26N2O3S2/c1-4-19-12-8-9-18(3)23(19)29-27-26(34(31,32)21-15-13-17(2)14-16-21)22(28)25(33-27)24(30)20-10-6-5-7-11-20/h5-16,29H,4,28H2,1-3H3. The Hall–Kier alpha value is -3.42. The SMILES string of the molecule is CCc1cccc(C)c1Nc1sc(C(=O)c2ccccc2)c(N)c1S(=O)(=O)c1ccc(C)cc1. The summed E-state index contributed by atoms with van der Waals surface area (Å²) in [5, 5.41) is 3.66. The van der Waals surface area contributed by atoms with Crippen molar-refractivity contribution in [2.75, 3.05) is 11.1 Å². The Bertz CT molecular complexity index is 1460. The van der Waals surface area contributed by atoms with Crippen LogP contribution in [0.1, 0.15) is 38.8 Å². The van der Waals surface area contributed by atoms with Gasteiger partial charge in [0, 0.05) is 11.3 Å². The van der Waals surface area contributed by atoms with Crippen molar-refractivity contribution in [3.8, 4) is 0 Å². The maximum absolute atomic E-state index is 13.8. The molecule has 0 bridgehead atoms. The molecule has 0 radical (unpaired) electrons.